The summed E-state index contributed by atoms with van der Waals surface area (Å²) < 4.78 is 1.76. The fourth-order valence-corrected chi connectivity index (χ4v) is 2.32. The van der Waals surface area contributed by atoms with Crippen LogP contribution in [0.25, 0.3) is 5.52 Å². The van der Waals surface area contributed by atoms with Crippen molar-refractivity contribution in [1.29, 1.82) is 0 Å². The van der Waals surface area contributed by atoms with E-state index in [1.165, 1.54) is 0 Å². The van der Waals surface area contributed by atoms with E-state index in [1.807, 2.05) is 19.1 Å². The van der Waals surface area contributed by atoms with Crippen molar-refractivity contribution in [3.05, 3.63) is 36.3 Å². The highest BCUT2D eigenvalue weighted by molar-refractivity contribution is 5.74. The van der Waals surface area contributed by atoms with E-state index in [0.717, 1.165) is 17.0 Å². The molecule has 0 spiro atoms. The fourth-order valence-electron chi connectivity index (χ4n) is 2.32. The molecular weight excluding hydrogens is 244 g/mol. The van der Waals surface area contributed by atoms with Gasteiger partial charge in [0.1, 0.15) is 5.52 Å². The molecule has 1 aliphatic rings. The maximum atomic E-state index is 10.9. The number of carboxylic acid groups (broad SMARTS) is 1. The van der Waals surface area contributed by atoms with Crippen LogP contribution in [0.4, 0.5) is 5.82 Å². The molecule has 98 valence electrons. The van der Waals surface area contributed by atoms with Gasteiger partial charge in [-0.05, 0) is 19.4 Å². The van der Waals surface area contributed by atoms with Crippen molar-refractivity contribution in [2.75, 3.05) is 5.32 Å². The molecule has 0 fully saturated rings. The highest BCUT2D eigenvalue weighted by Gasteiger charge is 2.24. The van der Waals surface area contributed by atoms with E-state index in [0.29, 0.717) is 6.42 Å². The van der Waals surface area contributed by atoms with Crippen LogP contribution in [0, 0.1) is 12.8 Å². The van der Waals surface area contributed by atoms with Gasteiger partial charge in [0.05, 0.1) is 11.6 Å². The van der Waals surface area contributed by atoms with Gasteiger partial charge < -0.3 is 10.4 Å². The Morgan fingerprint density at radius 2 is 2.37 bits per heavy atom. The lowest BCUT2D eigenvalue weighted by atomic mass is 10.1. The number of carboxylic acids is 1. The zero-order valence-corrected chi connectivity index (χ0v) is 10.4. The van der Waals surface area contributed by atoms with Crippen molar-refractivity contribution >= 4 is 17.3 Å². The molecule has 19 heavy (non-hydrogen) atoms. The van der Waals surface area contributed by atoms with Crippen LogP contribution >= 0.6 is 0 Å². The van der Waals surface area contributed by atoms with Gasteiger partial charge in [-0.1, -0.05) is 12.2 Å². The molecule has 0 saturated heterocycles. The molecule has 2 heterocycles. The second kappa shape index (κ2) is 4.38. The third-order valence-corrected chi connectivity index (χ3v) is 3.23. The van der Waals surface area contributed by atoms with Crippen molar-refractivity contribution in [2.45, 2.75) is 19.4 Å². The summed E-state index contributed by atoms with van der Waals surface area (Å²) in [6, 6.07) is 1.94. The number of aliphatic carboxylic acids is 1. The fraction of sp³-hybridized carbons (Fsp3) is 0.308. The Balaban J connectivity index is 1.83. The monoisotopic (exact) mass is 258 g/mol. The topological polar surface area (TPSA) is 79.5 Å². The highest BCUT2D eigenvalue weighted by atomic mass is 16.4. The lowest BCUT2D eigenvalue weighted by molar-refractivity contribution is -0.140. The number of hydrogen-bond acceptors (Lipinski definition) is 4. The zero-order valence-electron chi connectivity index (χ0n) is 10.4. The van der Waals surface area contributed by atoms with E-state index >= 15 is 0 Å². The van der Waals surface area contributed by atoms with E-state index < -0.39 is 11.9 Å². The molecule has 0 bridgehead atoms. The number of aromatic nitrogens is 3. The Labute approximate surface area is 109 Å². The molecular formula is C13H14N4O2. The van der Waals surface area contributed by atoms with Crippen molar-refractivity contribution in [1.82, 2.24) is 14.6 Å². The first kappa shape index (κ1) is 11.7. The number of nitrogens with zero attached hydrogens (tertiary/aromatic N) is 3. The summed E-state index contributed by atoms with van der Waals surface area (Å²) in [5.41, 5.74) is 1.81. The van der Waals surface area contributed by atoms with Crippen LogP contribution in [-0.2, 0) is 4.79 Å². The average Bonchev–Trinajstić information content (AvgIpc) is 2.95. The number of anilines is 1. The first-order valence-corrected chi connectivity index (χ1v) is 6.12. The van der Waals surface area contributed by atoms with Gasteiger partial charge in [0, 0.05) is 18.4 Å². The molecule has 3 rings (SSSR count). The predicted octanol–water partition coefficient (Wildman–Crippen LogP) is 1.48. The van der Waals surface area contributed by atoms with E-state index in [4.69, 9.17) is 5.11 Å². The maximum absolute atomic E-state index is 10.9. The summed E-state index contributed by atoms with van der Waals surface area (Å²) in [4.78, 5) is 15.2. The van der Waals surface area contributed by atoms with Crippen LogP contribution in [0.2, 0.25) is 0 Å². The van der Waals surface area contributed by atoms with Gasteiger partial charge in [-0.2, -0.15) is 5.10 Å². The summed E-state index contributed by atoms with van der Waals surface area (Å²) in [6.45, 7) is 1.92. The quantitative estimate of drug-likeness (QED) is 0.815. The van der Waals surface area contributed by atoms with Crippen LogP contribution in [-0.4, -0.2) is 31.7 Å². The largest absolute Gasteiger partial charge is 0.481 e. The van der Waals surface area contributed by atoms with Crippen molar-refractivity contribution < 1.29 is 9.90 Å². The Morgan fingerprint density at radius 1 is 1.53 bits per heavy atom. The van der Waals surface area contributed by atoms with Gasteiger partial charge in [-0.3, -0.25) is 4.79 Å². The standard InChI is InChI=1S/C13H14N4O2/c1-8-6-11-12(14-4-5-17(11)16-8)15-10-3-2-9(7-10)13(18)19/h2-6,9-10H,7H2,1H3,(H,14,15)(H,18,19). The maximum Gasteiger partial charge on any atom is 0.310 e. The Hall–Kier alpha value is -2.37. The second-order valence-electron chi connectivity index (χ2n) is 4.71. The summed E-state index contributed by atoms with van der Waals surface area (Å²) in [5.74, 6) is -0.473. The lowest BCUT2D eigenvalue weighted by Gasteiger charge is -2.13. The lowest BCUT2D eigenvalue weighted by Crippen LogP contribution is -2.19. The minimum atomic E-state index is -0.785. The van der Waals surface area contributed by atoms with E-state index in [1.54, 1.807) is 23.0 Å². The first-order chi connectivity index (χ1) is 9.13. The van der Waals surface area contributed by atoms with Crippen LogP contribution in [0.5, 0.6) is 0 Å². The van der Waals surface area contributed by atoms with Crippen LogP contribution in [0.1, 0.15) is 12.1 Å². The van der Waals surface area contributed by atoms with Gasteiger partial charge in [0.25, 0.3) is 0 Å². The number of fused-ring (bicyclic) bond motifs is 1. The predicted molar refractivity (Wildman–Crippen MR) is 70.0 cm³/mol. The number of rotatable bonds is 3. The number of carbonyl (C=O) groups is 1. The molecule has 6 nitrogen and oxygen atoms in total. The molecule has 2 aromatic heterocycles. The summed E-state index contributed by atoms with van der Waals surface area (Å²) in [5, 5.41) is 16.5. The highest BCUT2D eigenvalue weighted by Crippen LogP contribution is 2.23. The SMILES string of the molecule is Cc1cc2c(NC3C=CC(C(=O)O)C3)nccn2n1. The van der Waals surface area contributed by atoms with E-state index in [-0.39, 0.29) is 6.04 Å². The number of hydrogen-bond donors (Lipinski definition) is 2. The molecule has 0 aromatic carbocycles. The summed E-state index contributed by atoms with van der Waals surface area (Å²) in [7, 11) is 0. The van der Waals surface area contributed by atoms with Gasteiger partial charge in [-0.15, -0.1) is 0 Å². The molecule has 2 unspecified atom stereocenters. The normalized spacial score (nSPS) is 21.9. The third kappa shape index (κ3) is 2.16. The second-order valence-corrected chi connectivity index (χ2v) is 4.71. The zero-order chi connectivity index (χ0) is 13.4. The molecule has 6 heteroatoms. The van der Waals surface area contributed by atoms with Crippen molar-refractivity contribution in [3.63, 3.8) is 0 Å². The molecule has 2 N–H and O–H groups in total. The molecule has 0 amide bonds. The van der Waals surface area contributed by atoms with E-state index in [9.17, 15) is 4.79 Å². The summed E-state index contributed by atoms with van der Waals surface area (Å²) in [6.07, 6.45) is 7.62. The number of nitrogens with one attached hydrogen (secondary N) is 1. The van der Waals surface area contributed by atoms with Crippen molar-refractivity contribution in [3.8, 4) is 0 Å². The van der Waals surface area contributed by atoms with Gasteiger partial charge >= 0.3 is 5.97 Å². The third-order valence-electron chi connectivity index (χ3n) is 3.23. The number of aryl methyl sites for hydroxylation is 1. The van der Waals surface area contributed by atoms with Gasteiger partial charge in [-0.25, -0.2) is 9.50 Å². The van der Waals surface area contributed by atoms with Crippen LogP contribution in [0.15, 0.2) is 30.6 Å². The average molecular weight is 258 g/mol. The Bertz CT molecular complexity index is 662. The molecule has 0 aliphatic heterocycles. The molecule has 1 aliphatic carbocycles. The Morgan fingerprint density at radius 3 is 3.11 bits per heavy atom. The van der Waals surface area contributed by atoms with E-state index in [2.05, 4.69) is 15.4 Å². The minimum Gasteiger partial charge on any atom is -0.481 e. The van der Waals surface area contributed by atoms with Crippen LogP contribution in [0.3, 0.4) is 0 Å². The molecule has 0 saturated carbocycles. The van der Waals surface area contributed by atoms with Crippen LogP contribution < -0.4 is 5.32 Å². The Kier molecular flexibility index (Phi) is 2.70. The van der Waals surface area contributed by atoms with Gasteiger partial charge in [0.15, 0.2) is 5.82 Å². The van der Waals surface area contributed by atoms with Gasteiger partial charge in [0.2, 0.25) is 0 Å². The summed E-state index contributed by atoms with van der Waals surface area (Å²) >= 11 is 0. The minimum absolute atomic E-state index is 0.00462. The smallest absolute Gasteiger partial charge is 0.310 e. The molecule has 2 atom stereocenters. The first-order valence-electron chi connectivity index (χ1n) is 6.12. The molecule has 2 aromatic rings. The molecule has 0 radical (unpaired) electrons. The van der Waals surface area contributed by atoms with Crippen molar-refractivity contribution in [2.24, 2.45) is 5.92 Å².